The molecule has 2 aliphatic carbocycles. The minimum absolute atomic E-state index is 0.0467. The summed E-state index contributed by atoms with van der Waals surface area (Å²) in [6.07, 6.45) is 4.72. The SMILES string of the molecule is CC1(C)C(=O)N(C2CC(C)(N3CCC4CC4C3)C2)c2cc(Br)c(F)nc21. The number of halogens is 2. The van der Waals surface area contributed by atoms with Crippen molar-refractivity contribution in [2.75, 3.05) is 18.0 Å². The van der Waals surface area contributed by atoms with Crippen molar-refractivity contribution in [3.63, 3.8) is 0 Å². The summed E-state index contributed by atoms with van der Waals surface area (Å²) in [4.78, 5) is 21.8. The topological polar surface area (TPSA) is 36.4 Å². The van der Waals surface area contributed by atoms with Gasteiger partial charge in [-0.05, 0) is 86.8 Å². The lowest BCUT2D eigenvalue weighted by atomic mass is 9.71. The van der Waals surface area contributed by atoms with Gasteiger partial charge in [-0.2, -0.15) is 4.39 Å². The number of hydrogen-bond acceptors (Lipinski definition) is 3. The number of rotatable bonds is 2. The van der Waals surface area contributed by atoms with Crippen molar-refractivity contribution < 1.29 is 9.18 Å². The first kappa shape index (κ1) is 17.1. The third-order valence-electron chi connectivity index (χ3n) is 7.29. The quantitative estimate of drug-likeness (QED) is 0.679. The van der Waals surface area contributed by atoms with Gasteiger partial charge in [0.05, 0.1) is 21.3 Å². The van der Waals surface area contributed by atoms with Gasteiger partial charge in [0.2, 0.25) is 11.9 Å². The summed E-state index contributed by atoms with van der Waals surface area (Å²) in [5, 5.41) is 0. The first-order chi connectivity index (χ1) is 12.2. The van der Waals surface area contributed by atoms with Crippen molar-refractivity contribution in [3.8, 4) is 0 Å². The third kappa shape index (κ3) is 2.27. The van der Waals surface area contributed by atoms with E-state index in [1.807, 2.05) is 18.7 Å². The Kier molecular flexibility index (Phi) is 3.48. The fraction of sp³-hybridized carbons (Fsp3) is 0.700. The standard InChI is InChI=1S/C20H25BrFN3O/c1-19(2)16-15(7-14(21)17(22)23-16)25(18(19)26)13-8-20(3,9-13)24-5-4-11-6-12(11)10-24/h7,11-13H,4-6,8-10H2,1-3H3. The van der Waals surface area contributed by atoms with Gasteiger partial charge >= 0.3 is 0 Å². The summed E-state index contributed by atoms with van der Waals surface area (Å²) in [5.74, 6) is 1.40. The molecule has 4 nitrogen and oxygen atoms in total. The van der Waals surface area contributed by atoms with E-state index in [1.165, 1.54) is 25.9 Å². The molecular weight excluding hydrogens is 397 g/mol. The number of pyridine rings is 1. The first-order valence-electron chi connectivity index (χ1n) is 9.66. The maximum Gasteiger partial charge on any atom is 0.239 e. The zero-order valence-corrected chi connectivity index (χ0v) is 17.1. The van der Waals surface area contributed by atoms with E-state index >= 15 is 0 Å². The number of hydrogen-bond donors (Lipinski definition) is 0. The molecule has 2 saturated carbocycles. The number of aromatic nitrogens is 1. The zero-order chi connectivity index (χ0) is 18.4. The molecule has 0 N–H and O–H groups in total. The minimum Gasteiger partial charge on any atom is -0.307 e. The molecule has 0 bridgehead atoms. The average molecular weight is 422 g/mol. The van der Waals surface area contributed by atoms with E-state index in [1.54, 1.807) is 6.07 Å². The Morgan fingerprint density at radius 2 is 2.00 bits per heavy atom. The molecule has 1 aromatic heterocycles. The summed E-state index contributed by atoms with van der Waals surface area (Å²) in [6, 6.07) is 1.92. The van der Waals surface area contributed by atoms with E-state index in [0.717, 1.165) is 30.4 Å². The summed E-state index contributed by atoms with van der Waals surface area (Å²) >= 11 is 3.24. The Morgan fingerprint density at radius 1 is 1.27 bits per heavy atom. The van der Waals surface area contributed by atoms with Crippen LogP contribution in [0.15, 0.2) is 10.5 Å². The molecule has 5 rings (SSSR count). The van der Waals surface area contributed by atoms with Gasteiger partial charge in [0, 0.05) is 18.1 Å². The molecule has 3 heterocycles. The molecule has 2 aliphatic heterocycles. The Hall–Kier alpha value is -1.01. The molecule has 6 heteroatoms. The van der Waals surface area contributed by atoms with Crippen molar-refractivity contribution in [3.05, 3.63) is 22.2 Å². The summed E-state index contributed by atoms with van der Waals surface area (Å²) in [5.41, 5.74) is 0.766. The average Bonchev–Trinajstić information content (AvgIpc) is 3.30. The number of carbonyl (C=O) groups excluding carboxylic acids is 1. The summed E-state index contributed by atoms with van der Waals surface area (Å²) in [7, 11) is 0. The number of fused-ring (bicyclic) bond motifs is 2. The van der Waals surface area contributed by atoms with Crippen molar-refractivity contribution in [2.24, 2.45) is 11.8 Å². The van der Waals surface area contributed by atoms with Crippen molar-refractivity contribution in [1.82, 2.24) is 9.88 Å². The van der Waals surface area contributed by atoms with Crippen LogP contribution in [0.2, 0.25) is 0 Å². The van der Waals surface area contributed by atoms with Gasteiger partial charge < -0.3 is 4.90 Å². The van der Waals surface area contributed by atoms with Gasteiger partial charge in [-0.1, -0.05) is 0 Å². The molecule has 2 unspecified atom stereocenters. The summed E-state index contributed by atoms with van der Waals surface area (Å²) < 4.78 is 14.3. The van der Waals surface area contributed by atoms with Crippen molar-refractivity contribution >= 4 is 27.5 Å². The van der Waals surface area contributed by atoms with Crippen molar-refractivity contribution in [2.45, 2.75) is 63.5 Å². The third-order valence-corrected chi connectivity index (χ3v) is 7.85. The zero-order valence-electron chi connectivity index (χ0n) is 15.6. The maximum absolute atomic E-state index is 14.0. The Labute approximate surface area is 162 Å². The number of likely N-dealkylation sites (tertiary alicyclic amines) is 1. The maximum atomic E-state index is 14.0. The second kappa shape index (κ2) is 5.28. The largest absolute Gasteiger partial charge is 0.307 e. The molecule has 0 radical (unpaired) electrons. The number of carbonyl (C=O) groups is 1. The highest BCUT2D eigenvalue weighted by molar-refractivity contribution is 9.10. The number of piperidine rings is 1. The highest BCUT2D eigenvalue weighted by atomic mass is 79.9. The predicted octanol–water partition coefficient (Wildman–Crippen LogP) is 3.87. The smallest absolute Gasteiger partial charge is 0.239 e. The molecule has 2 atom stereocenters. The van der Waals surface area contributed by atoms with Crippen LogP contribution < -0.4 is 4.90 Å². The van der Waals surface area contributed by atoms with Crippen molar-refractivity contribution in [1.29, 1.82) is 0 Å². The Balaban J connectivity index is 1.40. The van der Waals surface area contributed by atoms with Gasteiger partial charge in [0.15, 0.2) is 0 Å². The normalized spacial score (nSPS) is 38.0. The number of nitrogens with zero attached hydrogens (tertiary/aromatic N) is 3. The Bertz CT molecular complexity index is 804. The second-order valence-corrected chi connectivity index (χ2v) is 10.3. The van der Waals surface area contributed by atoms with Gasteiger partial charge in [0.25, 0.3) is 0 Å². The van der Waals surface area contributed by atoms with Crippen LogP contribution >= 0.6 is 15.9 Å². The highest BCUT2D eigenvalue weighted by Gasteiger charge is 2.56. The predicted molar refractivity (Wildman–Crippen MR) is 102 cm³/mol. The highest BCUT2D eigenvalue weighted by Crippen LogP contribution is 2.52. The van der Waals surface area contributed by atoms with E-state index in [-0.39, 0.29) is 17.5 Å². The fourth-order valence-electron chi connectivity index (χ4n) is 5.44. The molecule has 0 aromatic carbocycles. The lowest BCUT2D eigenvalue weighted by molar-refractivity contribution is -0.123. The fourth-order valence-corrected chi connectivity index (χ4v) is 5.75. The molecule has 1 saturated heterocycles. The number of amides is 1. The minimum atomic E-state index is -0.769. The van der Waals surface area contributed by atoms with E-state index in [2.05, 4.69) is 32.7 Å². The van der Waals surface area contributed by atoms with Crippen LogP contribution in [0, 0.1) is 17.8 Å². The lowest BCUT2D eigenvalue weighted by Crippen LogP contribution is -2.64. The van der Waals surface area contributed by atoms with Crippen LogP contribution in [-0.2, 0) is 10.2 Å². The number of anilines is 1. The van der Waals surface area contributed by atoms with Gasteiger partial charge in [-0.25, -0.2) is 4.98 Å². The van der Waals surface area contributed by atoms with E-state index < -0.39 is 11.4 Å². The van der Waals surface area contributed by atoms with Crippen LogP contribution in [0.5, 0.6) is 0 Å². The molecule has 0 spiro atoms. The molecule has 140 valence electrons. The van der Waals surface area contributed by atoms with Crippen LogP contribution in [0.3, 0.4) is 0 Å². The van der Waals surface area contributed by atoms with Gasteiger partial charge in [0.1, 0.15) is 0 Å². The molecule has 4 aliphatic rings. The van der Waals surface area contributed by atoms with Crippen LogP contribution in [0.25, 0.3) is 0 Å². The van der Waals surface area contributed by atoms with Gasteiger partial charge in [-0.15, -0.1) is 0 Å². The second-order valence-electron chi connectivity index (χ2n) is 9.48. The van der Waals surface area contributed by atoms with E-state index in [0.29, 0.717) is 10.2 Å². The molecule has 1 amide bonds. The van der Waals surface area contributed by atoms with E-state index in [4.69, 9.17) is 0 Å². The first-order valence-corrected chi connectivity index (χ1v) is 10.5. The Morgan fingerprint density at radius 3 is 2.69 bits per heavy atom. The van der Waals surface area contributed by atoms with Crippen LogP contribution in [0.4, 0.5) is 10.1 Å². The molecular formula is C20H25BrFN3O. The molecule has 1 aromatic rings. The molecule has 26 heavy (non-hydrogen) atoms. The summed E-state index contributed by atoms with van der Waals surface area (Å²) in [6.45, 7) is 8.47. The monoisotopic (exact) mass is 421 g/mol. The molecule has 3 fully saturated rings. The van der Waals surface area contributed by atoms with E-state index in [9.17, 15) is 9.18 Å². The van der Waals surface area contributed by atoms with Crippen LogP contribution in [0.1, 0.15) is 52.1 Å². The van der Waals surface area contributed by atoms with Crippen LogP contribution in [-0.4, -0.2) is 40.5 Å². The lowest BCUT2D eigenvalue weighted by Gasteiger charge is -2.55. The van der Waals surface area contributed by atoms with Gasteiger partial charge in [-0.3, -0.25) is 9.69 Å².